The highest BCUT2D eigenvalue weighted by atomic mass is 15.2. The number of fused-ring (bicyclic) bond motifs is 6. The predicted octanol–water partition coefficient (Wildman–Crippen LogP) is 4.78. The first-order chi connectivity index (χ1) is 8.56. The first-order valence-electron chi connectivity index (χ1n) is 7.62. The lowest BCUT2D eigenvalue weighted by atomic mass is 9.47. The molecule has 0 N–H and O–H groups in total. The third-order valence-electron chi connectivity index (χ3n) is 6.51. The molecule has 3 fully saturated rings. The Labute approximate surface area is 110 Å². The fraction of sp³-hybridized carbons (Fsp3) is 1.00. The predicted molar refractivity (Wildman–Crippen MR) is 72.9 cm³/mol. The van der Waals surface area contributed by atoms with E-state index in [4.69, 9.17) is 5.53 Å². The van der Waals surface area contributed by atoms with Crippen molar-refractivity contribution >= 4 is 0 Å². The molecule has 0 aliphatic heterocycles. The van der Waals surface area contributed by atoms with Gasteiger partial charge < -0.3 is 0 Å². The highest BCUT2D eigenvalue weighted by Gasteiger charge is 2.54. The van der Waals surface area contributed by atoms with Crippen LogP contribution in [0.4, 0.5) is 0 Å². The first-order valence-corrected chi connectivity index (χ1v) is 7.62. The van der Waals surface area contributed by atoms with E-state index in [1.807, 2.05) is 0 Å². The van der Waals surface area contributed by atoms with Crippen LogP contribution in [0.25, 0.3) is 10.4 Å². The van der Waals surface area contributed by atoms with Gasteiger partial charge in [-0.15, -0.1) is 0 Å². The molecule has 0 aromatic rings. The Morgan fingerprint density at radius 1 is 1.00 bits per heavy atom. The first kappa shape index (κ1) is 12.3. The summed E-state index contributed by atoms with van der Waals surface area (Å²) in [5, 5.41) is 4.17. The SMILES string of the molecule is CC1C2CCCC1C1CC(C)(N=[N+]=[N-])CC2C1C. The van der Waals surface area contributed by atoms with Crippen molar-refractivity contribution in [3.63, 3.8) is 0 Å². The second-order valence-corrected chi connectivity index (χ2v) is 7.40. The summed E-state index contributed by atoms with van der Waals surface area (Å²) in [5.74, 6) is 5.13. The maximum Gasteiger partial charge on any atom is 0.0465 e. The van der Waals surface area contributed by atoms with E-state index in [0.29, 0.717) is 0 Å². The monoisotopic (exact) mass is 247 g/mol. The molecule has 3 aliphatic carbocycles. The summed E-state index contributed by atoms with van der Waals surface area (Å²) in [6, 6.07) is 0. The lowest BCUT2D eigenvalue weighted by Crippen LogP contribution is -2.54. The minimum atomic E-state index is -0.107. The van der Waals surface area contributed by atoms with Gasteiger partial charge in [0.15, 0.2) is 0 Å². The van der Waals surface area contributed by atoms with Gasteiger partial charge in [-0.1, -0.05) is 32.3 Å². The van der Waals surface area contributed by atoms with Gasteiger partial charge in [0.2, 0.25) is 0 Å². The molecule has 0 spiro atoms. The normalized spacial score (nSPS) is 54.6. The van der Waals surface area contributed by atoms with Gasteiger partial charge in [0.25, 0.3) is 0 Å². The van der Waals surface area contributed by atoms with Crippen LogP contribution in [0.15, 0.2) is 5.11 Å². The average molecular weight is 247 g/mol. The minimum Gasteiger partial charge on any atom is -0.0875 e. The second-order valence-electron chi connectivity index (χ2n) is 7.40. The van der Waals surface area contributed by atoms with Crippen molar-refractivity contribution in [1.29, 1.82) is 0 Å². The molecule has 3 aliphatic rings. The number of hydrogen-bond donors (Lipinski definition) is 0. The molecule has 3 saturated carbocycles. The third kappa shape index (κ3) is 1.67. The summed E-state index contributed by atoms with van der Waals surface area (Å²) < 4.78 is 0. The fourth-order valence-corrected chi connectivity index (χ4v) is 5.70. The van der Waals surface area contributed by atoms with Crippen LogP contribution in [0, 0.1) is 35.5 Å². The molecular weight excluding hydrogens is 222 g/mol. The van der Waals surface area contributed by atoms with Gasteiger partial charge in [-0.25, -0.2) is 0 Å². The molecule has 0 aromatic carbocycles. The van der Waals surface area contributed by atoms with Crippen LogP contribution in [0.1, 0.15) is 52.9 Å². The van der Waals surface area contributed by atoms with Gasteiger partial charge in [0, 0.05) is 10.5 Å². The van der Waals surface area contributed by atoms with E-state index in [1.54, 1.807) is 0 Å². The molecule has 0 radical (unpaired) electrons. The quantitative estimate of drug-likeness (QED) is 0.363. The maximum absolute atomic E-state index is 8.83. The van der Waals surface area contributed by atoms with Crippen LogP contribution >= 0.6 is 0 Å². The van der Waals surface area contributed by atoms with Gasteiger partial charge in [0.1, 0.15) is 0 Å². The molecule has 18 heavy (non-hydrogen) atoms. The molecule has 3 rings (SSSR count). The smallest absolute Gasteiger partial charge is 0.0465 e. The number of azide groups is 1. The van der Waals surface area contributed by atoms with Crippen LogP contribution in [-0.2, 0) is 0 Å². The zero-order valence-electron chi connectivity index (χ0n) is 11.8. The summed E-state index contributed by atoms with van der Waals surface area (Å²) >= 11 is 0. The molecular formula is C15H25N3. The van der Waals surface area contributed by atoms with Crippen LogP contribution in [0.2, 0.25) is 0 Å². The molecule has 0 heterocycles. The second kappa shape index (κ2) is 4.16. The number of nitrogens with zero attached hydrogens (tertiary/aromatic N) is 3. The molecule has 4 unspecified atom stereocenters. The van der Waals surface area contributed by atoms with Crippen molar-refractivity contribution < 1.29 is 0 Å². The van der Waals surface area contributed by atoms with E-state index in [1.165, 1.54) is 19.3 Å². The summed E-state index contributed by atoms with van der Waals surface area (Å²) in [5.41, 5.74) is 8.72. The standard InChI is InChI=1S/C15H25N3/c1-9-11-5-4-6-12(9)14-8-15(3,17-18-16)7-13(11)10(14)2/h9-14H,4-8H2,1-3H3. The summed E-state index contributed by atoms with van der Waals surface area (Å²) in [6.45, 7) is 7.13. The molecule has 4 bridgehead atoms. The topological polar surface area (TPSA) is 48.8 Å². The summed E-state index contributed by atoms with van der Waals surface area (Å²) in [7, 11) is 0. The number of rotatable bonds is 1. The van der Waals surface area contributed by atoms with Crippen LogP contribution in [-0.4, -0.2) is 5.54 Å². The third-order valence-corrected chi connectivity index (χ3v) is 6.51. The zero-order valence-corrected chi connectivity index (χ0v) is 11.8. The van der Waals surface area contributed by atoms with Gasteiger partial charge in [0.05, 0.1) is 0 Å². The lowest BCUT2D eigenvalue weighted by Gasteiger charge is -2.59. The number of hydrogen-bond acceptors (Lipinski definition) is 1. The Morgan fingerprint density at radius 3 is 2.00 bits per heavy atom. The van der Waals surface area contributed by atoms with E-state index in [0.717, 1.165) is 48.3 Å². The van der Waals surface area contributed by atoms with Crippen molar-refractivity contribution in [3.8, 4) is 0 Å². The van der Waals surface area contributed by atoms with Crippen LogP contribution in [0.3, 0.4) is 0 Å². The Balaban J connectivity index is 1.95. The molecule has 0 aromatic heterocycles. The molecule has 4 atom stereocenters. The highest BCUT2D eigenvalue weighted by molar-refractivity contribution is 5.06. The lowest BCUT2D eigenvalue weighted by molar-refractivity contribution is -0.0887. The van der Waals surface area contributed by atoms with Crippen molar-refractivity contribution in [3.05, 3.63) is 10.4 Å². The minimum absolute atomic E-state index is 0.107. The van der Waals surface area contributed by atoms with E-state index < -0.39 is 0 Å². The average Bonchev–Trinajstić information content (AvgIpc) is 2.32. The largest absolute Gasteiger partial charge is 0.0875 e. The van der Waals surface area contributed by atoms with Gasteiger partial charge in [-0.3, -0.25) is 0 Å². The van der Waals surface area contributed by atoms with Crippen LogP contribution in [0.5, 0.6) is 0 Å². The Kier molecular flexibility index (Phi) is 2.85. The van der Waals surface area contributed by atoms with Gasteiger partial charge in [-0.2, -0.15) is 0 Å². The van der Waals surface area contributed by atoms with Crippen molar-refractivity contribution in [2.24, 2.45) is 40.6 Å². The molecule has 3 nitrogen and oxygen atoms in total. The Bertz CT molecular complexity index is 363. The van der Waals surface area contributed by atoms with Crippen molar-refractivity contribution in [2.75, 3.05) is 0 Å². The van der Waals surface area contributed by atoms with E-state index in [2.05, 4.69) is 30.8 Å². The zero-order chi connectivity index (χ0) is 12.9. The summed E-state index contributed by atoms with van der Waals surface area (Å²) in [4.78, 5) is 3.12. The fourth-order valence-electron chi connectivity index (χ4n) is 5.70. The van der Waals surface area contributed by atoms with Gasteiger partial charge in [-0.05, 0) is 66.7 Å². The van der Waals surface area contributed by atoms with Crippen LogP contribution < -0.4 is 0 Å². The molecule has 3 heteroatoms. The van der Waals surface area contributed by atoms with Crippen molar-refractivity contribution in [2.45, 2.75) is 58.4 Å². The highest BCUT2D eigenvalue weighted by Crippen LogP contribution is 2.60. The summed E-state index contributed by atoms with van der Waals surface area (Å²) in [6.07, 6.45) is 6.49. The molecule has 100 valence electrons. The van der Waals surface area contributed by atoms with Gasteiger partial charge >= 0.3 is 0 Å². The Morgan fingerprint density at radius 2 is 1.50 bits per heavy atom. The Hall–Kier alpha value is -0.690. The molecule has 0 amide bonds. The van der Waals surface area contributed by atoms with E-state index in [-0.39, 0.29) is 5.54 Å². The van der Waals surface area contributed by atoms with E-state index in [9.17, 15) is 0 Å². The molecule has 0 saturated heterocycles. The van der Waals surface area contributed by atoms with E-state index >= 15 is 0 Å². The maximum atomic E-state index is 8.83. The van der Waals surface area contributed by atoms with Crippen molar-refractivity contribution in [1.82, 2.24) is 0 Å².